The fourth-order valence-electron chi connectivity index (χ4n) is 2.58. The van der Waals surface area contributed by atoms with Gasteiger partial charge in [-0.15, -0.1) is 11.3 Å². The Morgan fingerprint density at radius 1 is 1.20 bits per heavy atom. The largest absolute Gasteiger partial charge is 0.360 e. The van der Waals surface area contributed by atoms with E-state index in [1.165, 1.54) is 0 Å². The van der Waals surface area contributed by atoms with Crippen molar-refractivity contribution in [3.8, 4) is 11.5 Å². The van der Waals surface area contributed by atoms with Gasteiger partial charge in [0.1, 0.15) is 16.5 Å². The lowest BCUT2D eigenvalue weighted by molar-refractivity contribution is 0.785. The minimum Gasteiger partial charge on any atom is -0.360 e. The minimum absolute atomic E-state index is 0.0357. The van der Waals surface area contributed by atoms with Crippen molar-refractivity contribution < 1.29 is 0 Å². The van der Waals surface area contributed by atoms with E-state index in [0.717, 1.165) is 33.2 Å². The van der Waals surface area contributed by atoms with Crippen LogP contribution in [0, 0.1) is 6.92 Å². The third-order valence-corrected chi connectivity index (χ3v) is 4.99. The zero-order valence-electron chi connectivity index (χ0n) is 14.1. The molecule has 4 aromatic rings. The van der Waals surface area contributed by atoms with Crippen molar-refractivity contribution in [3.63, 3.8) is 0 Å². The van der Waals surface area contributed by atoms with Crippen molar-refractivity contribution in [2.24, 2.45) is 7.05 Å². The molecule has 0 saturated carbocycles. The molecule has 4 rings (SSSR count). The van der Waals surface area contributed by atoms with Crippen LogP contribution in [0.25, 0.3) is 22.6 Å². The monoisotopic (exact) mass is 351 g/mol. The third-order valence-electron chi connectivity index (χ3n) is 3.85. The summed E-state index contributed by atoms with van der Waals surface area (Å²) in [5.74, 6) is 1.31. The first-order valence-corrected chi connectivity index (χ1v) is 8.79. The number of thiazole rings is 1. The Hall–Kier alpha value is -2.87. The van der Waals surface area contributed by atoms with Gasteiger partial charge in [0, 0.05) is 24.3 Å². The number of anilines is 1. The lowest BCUT2D eigenvalue weighted by atomic mass is 10.3. The van der Waals surface area contributed by atoms with Gasteiger partial charge in [-0.25, -0.2) is 15.0 Å². The van der Waals surface area contributed by atoms with E-state index in [1.54, 1.807) is 28.4 Å². The number of aromatic nitrogens is 6. The molecule has 1 atom stereocenters. The molecule has 0 amide bonds. The van der Waals surface area contributed by atoms with Gasteiger partial charge in [0.05, 0.1) is 17.6 Å². The molecule has 0 spiro atoms. The highest BCUT2D eigenvalue weighted by molar-refractivity contribution is 7.09. The zero-order valence-corrected chi connectivity index (χ0v) is 14.9. The van der Waals surface area contributed by atoms with Crippen molar-refractivity contribution in [2.75, 3.05) is 5.32 Å². The Morgan fingerprint density at radius 3 is 2.80 bits per heavy atom. The summed E-state index contributed by atoms with van der Waals surface area (Å²) in [5.41, 5.74) is 2.52. The summed E-state index contributed by atoms with van der Waals surface area (Å²) in [6.07, 6.45) is 3.51. The molecule has 4 aromatic heterocycles. The number of hydrogen-bond acceptors (Lipinski definition) is 7. The van der Waals surface area contributed by atoms with Crippen LogP contribution in [0.15, 0.2) is 36.0 Å². The standard InChI is InChI=1S/C17H17N7S/c1-10-9-25-17(20-10)11(2)21-14-12-8-19-24(3)16(12)23-15(22-14)13-6-4-5-7-18-13/h4-9,11H,1-3H3,(H,21,22,23)/t11-/m0/s1. The van der Waals surface area contributed by atoms with Gasteiger partial charge in [0.25, 0.3) is 0 Å². The SMILES string of the molecule is Cc1csc([C@H](C)Nc2nc(-c3ccccn3)nc3c2cnn3C)n1. The topological polar surface area (TPSA) is 81.4 Å². The summed E-state index contributed by atoms with van der Waals surface area (Å²) < 4.78 is 1.74. The molecule has 25 heavy (non-hydrogen) atoms. The quantitative estimate of drug-likeness (QED) is 0.607. The van der Waals surface area contributed by atoms with Crippen molar-refractivity contribution >= 4 is 28.2 Å². The number of fused-ring (bicyclic) bond motifs is 1. The molecule has 0 saturated heterocycles. The van der Waals surface area contributed by atoms with Gasteiger partial charge >= 0.3 is 0 Å². The Bertz CT molecular complexity index is 1020. The van der Waals surface area contributed by atoms with Gasteiger partial charge in [-0.2, -0.15) is 5.10 Å². The van der Waals surface area contributed by atoms with E-state index < -0.39 is 0 Å². The van der Waals surface area contributed by atoms with E-state index in [4.69, 9.17) is 4.98 Å². The maximum Gasteiger partial charge on any atom is 0.182 e. The molecule has 0 fully saturated rings. The van der Waals surface area contributed by atoms with E-state index in [0.29, 0.717) is 5.82 Å². The maximum atomic E-state index is 4.70. The number of nitrogens with zero attached hydrogens (tertiary/aromatic N) is 6. The van der Waals surface area contributed by atoms with Gasteiger partial charge in [-0.1, -0.05) is 6.07 Å². The number of hydrogen-bond donors (Lipinski definition) is 1. The van der Waals surface area contributed by atoms with Gasteiger partial charge in [0.15, 0.2) is 11.5 Å². The molecule has 0 aliphatic carbocycles. The predicted molar refractivity (Wildman–Crippen MR) is 98.4 cm³/mol. The van der Waals surface area contributed by atoms with Crippen LogP contribution in [-0.2, 0) is 7.05 Å². The van der Waals surface area contributed by atoms with Gasteiger partial charge in [-0.3, -0.25) is 9.67 Å². The van der Waals surface area contributed by atoms with E-state index in [1.807, 2.05) is 37.6 Å². The Labute approximate surface area is 148 Å². The molecular formula is C17H17N7S. The molecule has 4 heterocycles. The lowest BCUT2D eigenvalue weighted by Gasteiger charge is -2.13. The first-order valence-electron chi connectivity index (χ1n) is 7.91. The summed E-state index contributed by atoms with van der Waals surface area (Å²) in [6.45, 7) is 4.07. The van der Waals surface area contributed by atoms with Gasteiger partial charge in [0.2, 0.25) is 0 Å². The zero-order chi connectivity index (χ0) is 17.4. The highest BCUT2D eigenvalue weighted by Crippen LogP contribution is 2.28. The first kappa shape index (κ1) is 15.6. The molecule has 0 unspecified atom stereocenters. The Kier molecular flexibility index (Phi) is 3.89. The average molecular weight is 351 g/mol. The van der Waals surface area contributed by atoms with Crippen LogP contribution in [0.2, 0.25) is 0 Å². The fraction of sp³-hybridized carbons (Fsp3) is 0.235. The molecule has 0 aliphatic rings. The Balaban J connectivity index is 1.79. The minimum atomic E-state index is 0.0357. The highest BCUT2D eigenvalue weighted by Gasteiger charge is 2.17. The molecule has 0 radical (unpaired) electrons. The number of rotatable bonds is 4. The smallest absolute Gasteiger partial charge is 0.182 e. The van der Waals surface area contributed by atoms with Crippen LogP contribution in [0.5, 0.6) is 0 Å². The molecular weight excluding hydrogens is 334 g/mol. The summed E-state index contributed by atoms with van der Waals surface area (Å²) in [5, 5.41) is 11.7. The number of nitrogens with one attached hydrogen (secondary N) is 1. The second-order valence-corrected chi connectivity index (χ2v) is 6.70. The molecule has 0 aromatic carbocycles. The predicted octanol–water partition coefficient (Wildman–Crippen LogP) is 3.36. The second-order valence-electron chi connectivity index (χ2n) is 5.81. The van der Waals surface area contributed by atoms with Crippen molar-refractivity contribution in [1.29, 1.82) is 0 Å². The van der Waals surface area contributed by atoms with E-state index in [-0.39, 0.29) is 6.04 Å². The van der Waals surface area contributed by atoms with Crippen molar-refractivity contribution in [2.45, 2.75) is 19.9 Å². The van der Waals surface area contributed by atoms with E-state index in [9.17, 15) is 0 Å². The van der Waals surface area contributed by atoms with E-state index >= 15 is 0 Å². The van der Waals surface area contributed by atoms with Crippen LogP contribution in [0.3, 0.4) is 0 Å². The number of aryl methyl sites for hydroxylation is 2. The normalized spacial score (nSPS) is 12.4. The van der Waals surface area contributed by atoms with Crippen LogP contribution in [0.1, 0.15) is 23.7 Å². The van der Waals surface area contributed by atoms with Crippen LogP contribution in [-0.4, -0.2) is 29.7 Å². The highest BCUT2D eigenvalue weighted by atomic mass is 32.1. The van der Waals surface area contributed by atoms with Crippen molar-refractivity contribution in [3.05, 3.63) is 46.7 Å². The molecule has 7 nitrogen and oxygen atoms in total. The van der Waals surface area contributed by atoms with Crippen LogP contribution >= 0.6 is 11.3 Å². The molecule has 0 bridgehead atoms. The Morgan fingerprint density at radius 2 is 2.08 bits per heavy atom. The second kappa shape index (κ2) is 6.21. The van der Waals surface area contributed by atoms with Crippen molar-refractivity contribution in [1.82, 2.24) is 29.7 Å². The van der Waals surface area contributed by atoms with Gasteiger partial charge in [-0.05, 0) is 26.0 Å². The first-order chi connectivity index (χ1) is 12.1. The van der Waals surface area contributed by atoms with Gasteiger partial charge < -0.3 is 5.32 Å². The summed E-state index contributed by atoms with van der Waals surface area (Å²) >= 11 is 1.64. The number of pyridine rings is 1. The molecule has 126 valence electrons. The summed E-state index contributed by atoms with van der Waals surface area (Å²) in [4.78, 5) is 18.2. The maximum absolute atomic E-state index is 4.70. The van der Waals surface area contributed by atoms with E-state index in [2.05, 4.69) is 32.3 Å². The van der Waals surface area contributed by atoms with Crippen LogP contribution < -0.4 is 5.32 Å². The third kappa shape index (κ3) is 2.96. The fourth-order valence-corrected chi connectivity index (χ4v) is 3.38. The average Bonchev–Trinajstić information content (AvgIpc) is 3.22. The summed E-state index contributed by atoms with van der Waals surface area (Å²) in [7, 11) is 1.87. The van der Waals surface area contributed by atoms with Crippen LogP contribution in [0.4, 0.5) is 5.82 Å². The molecule has 1 N–H and O–H groups in total. The molecule has 0 aliphatic heterocycles. The summed E-state index contributed by atoms with van der Waals surface area (Å²) in [6, 6.07) is 5.73. The lowest BCUT2D eigenvalue weighted by Crippen LogP contribution is -2.09. The molecule has 8 heteroatoms.